The largest absolute Gasteiger partial charge is 0.508 e. The van der Waals surface area contributed by atoms with Gasteiger partial charge in [0.15, 0.2) is 0 Å². The van der Waals surface area contributed by atoms with E-state index in [9.17, 15) is 10.2 Å². The van der Waals surface area contributed by atoms with Crippen LogP contribution in [0, 0.1) is 0 Å². The molecule has 84 valence electrons. The van der Waals surface area contributed by atoms with Gasteiger partial charge < -0.3 is 15.3 Å². The number of rotatable bonds is 4. The van der Waals surface area contributed by atoms with Crippen LogP contribution in [0.2, 0.25) is 5.02 Å². The Morgan fingerprint density at radius 1 is 1.33 bits per heavy atom. The highest BCUT2D eigenvalue weighted by Gasteiger charge is 2.20. The second kappa shape index (κ2) is 5.61. The molecule has 0 bridgehead atoms. The van der Waals surface area contributed by atoms with Crippen LogP contribution in [0.3, 0.4) is 0 Å². The van der Waals surface area contributed by atoms with Crippen molar-refractivity contribution >= 4 is 24.2 Å². The van der Waals surface area contributed by atoms with E-state index in [1.165, 1.54) is 18.2 Å². The minimum Gasteiger partial charge on any atom is -0.508 e. The average molecular weight is 249 g/mol. The first-order chi connectivity index (χ1) is 7.06. The lowest BCUT2D eigenvalue weighted by atomic mass is 10.0. The normalized spacial score (nSPS) is 14.9. The fourth-order valence-corrected chi connectivity index (χ4v) is 1.80. The molecule has 0 aliphatic carbocycles. The Morgan fingerprint density at radius 2 is 2.00 bits per heavy atom. The van der Waals surface area contributed by atoms with Crippen LogP contribution in [0.4, 0.5) is 0 Å². The van der Waals surface area contributed by atoms with Crippen molar-refractivity contribution in [2.75, 3.05) is 5.75 Å². The van der Waals surface area contributed by atoms with Crippen molar-refractivity contribution in [2.45, 2.75) is 18.6 Å². The van der Waals surface area contributed by atoms with Gasteiger partial charge in [-0.2, -0.15) is 12.6 Å². The summed E-state index contributed by atoms with van der Waals surface area (Å²) in [6.45, 7) is 0. The minimum atomic E-state index is -1.05. The van der Waals surface area contributed by atoms with Gasteiger partial charge in [0.05, 0.1) is 11.1 Å². The van der Waals surface area contributed by atoms with Gasteiger partial charge in [0.25, 0.3) is 0 Å². The van der Waals surface area contributed by atoms with E-state index >= 15 is 0 Å². The fourth-order valence-electron chi connectivity index (χ4n) is 1.25. The number of hydrogen-bond donors (Lipinski definition) is 4. The summed E-state index contributed by atoms with van der Waals surface area (Å²) in [5, 5.41) is 28.6. The molecule has 2 atom stereocenters. The monoisotopic (exact) mass is 248 g/mol. The Bertz CT molecular complexity index is 332. The van der Waals surface area contributed by atoms with Gasteiger partial charge in [0.2, 0.25) is 0 Å². The summed E-state index contributed by atoms with van der Waals surface area (Å²) >= 11 is 9.78. The van der Waals surface area contributed by atoms with E-state index in [0.717, 1.165) is 0 Å². The summed E-state index contributed by atoms with van der Waals surface area (Å²) in [5.41, 5.74) is 0.406. The number of aromatic hydroxyl groups is 1. The van der Waals surface area contributed by atoms with Gasteiger partial charge in [0.1, 0.15) is 11.9 Å². The smallest absolute Gasteiger partial charge is 0.117 e. The van der Waals surface area contributed by atoms with E-state index in [4.69, 9.17) is 16.7 Å². The van der Waals surface area contributed by atoms with Crippen molar-refractivity contribution in [3.05, 3.63) is 28.8 Å². The first-order valence-corrected chi connectivity index (χ1v) is 5.52. The molecule has 1 aromatic carbocycles. The number of thiol groups is 1. The van der Waals surface area contributed by atoms with Gasteiger partial charge in [-0.25, -0.2) is 0 Å². The third-order valence-corrected chi connectivity index (χ3v) is 2.68. The van der Waals surface area contributed by atoms with Crippen LogP contribution in [0.1, 0.15) is 18.1 Å². The van der Waals surface area contributed by atoms with Gasteiger partial charge >= 0.3 is 0 Å². The van der Waals surface area contributed by atoms with Gasteiger partial charge in [-0.3, -0.25) is 0 Å². The second-order valence-corrected chi connectivity index (χ2v) is 4.08. The summed E-state index contributed by atoms with van der Waals surface area (Å²) < 4.78 is 0. The minimum absolute atomic E-state index is 0.0274. The van der Waals surface area contributed by atoms with Crippen LogP contribution in [0.15, 0.2) is 18.2 Å². The van der Waals surface area contributed by atoms with Crippen LogP contribution in [0.25, 0.3) is 0 Å². The summed E-state index contributed by atoms with van der Waals surface area (Å²) in [7, 11) is 0. The third kappa shape index (κ3) is 3.28. The average Bonchev–Trinajstić information content (AvgIpc) is 2.17. The second-order valence-electron chi connectivity index (χ2n) is 3.23. The maximum Gasteiger partial charge on any atom is 0.117 e. The lowest BCUT2D eigenvalue weighted by Crippen LogP contribution is -2.18. The van der Waals surface area contributed by atoms with E-state index in [-0.39, 0.29) is 10.8 Å². The molecule has 1 rings (SSSR count). The molecule has 0 aliphatic heterocycles. The lowest BCUT2D eigenvalue weighted by Gasteiger charge is -2.18. The molecule has 0 spiro atoms. The molecule has 15 heavy (non-hydrogen) atoms. The molecule has 2 unspecified atom stereocenters. The van der Waals surface area contributed by atoms with E-state index in [1.807, 2.05) is 0 Å². The molecule has 0 aromatic heterocycles. The maximum absolute atomic E-state index is 9.74. The number of phenolic OH excluding ortho intramolecular Hbond substituents is 1. The molecule has 1 aromatic rings. The zero-order valence-electron chi connectivity index (χ0n) is 7.97. The molecular formula is C10H13ClO3S. The van der Waals surface area contributed by atoms with Crippen molar-refractivity contribution < 1.29 is 15.3 Å². The maximum atomic E-state index is 9.74. The molecule has 0 saturated heterocycles. The van der Waals surface area contributed by atoms with E-state index in [2.05, 4.69) is 12.6 Å². The summed E-state index contributed by atoms with van der Waals surface area (Å²) in [6, 6.07) is 4.23. The van der Waals surface area contributed by atoms with Gasteiger partial charge in [-0.05, 0) is 24.3 Å². The zero-order valence-corrected chi connectivity index (χ0v) is 9.62. The molecule has 0 radical (unpaired) electrons. The SMILES string of the molecule is Oc1ccc(C(O)C(O)CCS)c(Cl)c1. The van der Waals surface area contributed by atoms with Crippen molar-refractivity contribution in [1.29, 1.82) is 0 Å². The number of benzene rings is 1. The highest BCUT2D eigenvalue weighted by molar-refractivity contribution is 7.80. The highest BCUT2D eigenvalue weighted by Crippen LogP contribution is 2.29. The first kappa shape index (κ1) is 12.6. The Morgan fingerprint density at radius 3 is 2.53 bits per heavy atom. The standard InChI is InChI=1S/C10H13ClO3S/c11-8-5-6(12)1-2-7(8)10(14)9(13)3-4-15/h1-2,5,9-10,12-15H,3-4H2. The van der Waals surface area contributed by atoms with Crippen LogP contribution < -0.4 is 0 Å². The van der Waals surface area contributed by atoms with E-state index < -0.39 is 12.2 Å². The van der Waals surface area contributed by atoms with Gasteiger partial charge in [-0.15, -0.1) is 0 Å². The van der Waals surface area contributed by atoms with Crippen molar-refractivity contribution in [1.82, 2.24) is 0 Å². The number of halogens is 1. The van der Waals surface area contributed by atoms with E-state index in [0.29, 0.717) is 17.7 Å². The van der Waals surface area contributed by atoms with Crippen LogP contribution >= 0.6 is 24.2 Å². The molecule has 0 heterocycles. The number of hydrogen-bond acceptors (Lipinski definition) is 4. The van der Waals surface area contributed by atoms with Crippen molar-refractivity contribution in [3.8, 4) is 5.75 Å². The molecular weight excluding hydrogens is 236 g/mol. The van der Waals surface area contributed by atoms with Crippen molar-refractivity contribution in [3.63, 3.8) is 0 Å². The molecule has 0 amide bonds. The summed E-state index contributed by atoms with van der Waals surface area (Å²) in [5.74, 6) is 0.508. The van der Waals surface area contributed by atoms with Gasteiger partial charge in [-0.1, -0.05) is 17.7 Å². The Kier molecular flexibility index (Phi) is 4.73. The number of phenols is 1. The number of aliphatic hydroxyl groups excluding tert-OH is 2. The molecule has 0 aliphatic rings. The van der Waals surface area contributed by atoms with Crippen LogP contribution in [-0.4, -0.2) is 27.2 Å². The molecule has 5 heteroatoms. The Balaban J connectivity index is 2.86. The molecule has 3 nitrogen and oxygen atoms in total. The van der Waals surface area contributed by atoms with Crippen LogP contribution in [-0.2, 0) is 0 Å². The third-order valence-electron chi connectivity index (χ3n) is 2.09. The zero-order chi connectivity index (χ0) is 11.4. The van der Waals surface area contributed by atoms with E-state index in [1.54, 1.807) is 0 Å². The quantitative estimate of drug-likeness (QED) is 0.614. The molecule has 0 fully saturated rings. The summed E-state index contributed by atoms with van der Waals surface area (Å²) in [6.07, 6.45) is -1.57. The van der Waals surface area contributed by atoms with Crippen LogP contribution in [0.5, 0.6) is 5.75 Å². The lowest BCUT2D eigenvalue weighted by molar-refractivity contribution is 0.0173. The summed E-state index contributed by atoms with van der Waals surface area (Å²) in [4.78, 5) is 0. The number of aliphatic hydroxyl groups is 2. The first-order valence-electron chi connectivity index (χ1n) is 4.51. The predicted molar refractivity (Wildman–Crippen MR) is 62.6 cm³/mol. The highest BCUT2D eigenvalue weighted by atomic mass is 35.5. The van der Waals surface area contributed by atoms with Crippen molar-refractivity contribution in [2.24, 2.45) is 0 Å². The fraction of sp³-hybridized carbons (Fsp3) is 0.400. The Hall–Kier alpha value is -0.420. The molecule has 0 saturated carbocycles. The predicted octanol–water partition coefficient (Wildman–Crippen LogP) is 1.76. The molecule has 3 N–H and O–H groups in total. The Labute approximate surface area is 98.7 Å². The van der Waals surface area contributed by atoms with Gasteiger partial charge in [0, 0.05) is 5.56 Å². The topological polar surface area (TPSA) is 60.7 Å².